The number of hydrogen-bond donors (Lipinski definition) is 0. The molecule has 5 rings (SSSR count). The number of nitrogens with zero attached hydrogens (tertiary/aromatic N) is 2. The molecular formula is C28H23F3N2O2. The Labute approximate surface area is 201 Å². The molecule has 0 atom stereocenters. The molecule has 4 aromatic rings. The molecule has 35 heavy (non-hydrogen) atoms. The third-order valence-corrected chi connectivity index (χ3v) is 6.24. The van der Waals surface area contributed by atoms with E-state index >= 15 is 0 Å². The lowest BCUT2D eigenvalue weighted by molar-refractivity contribution is -0.274. The van der Waals surface area contributed by atoms with E-state index in [4.69, 9.17) is 4.74 Å². The highest BCUT2D eigenvalue weighted by Crippen LogP contribution is 2.48. The van der Waals surface area contributed by atoms with Crippen molar-refractivity contribution in [3.05, 3.63) is 84.9 Å². The quantitative estimate of drug-likeness (QED) is 0.300. The van der Waals surface area contributed by atoms with E-state index in [0.717, 1.165) is 50.8 Å². The summed E-state index contributed by atoms with van der Waals surface area (Å²) in [7, 11) is 5.70. The Kier molecular flexibility index (Phi) is 5.55. The van der Waals surface area contributed by atoms with Crippen molar-refractivity contribution >= 4 is 22.7 Å². The van der Waals surface area contributed by atoms with Gasteiger partial charge in [-0.1, -0.05) is 36.4 Å². The van der Waals surface area contributed by atoms with E-state index in [2.05, 4.69) is 32.7 Å². The van der Waals surface area contributed by atoms with Crippen molar-refractivity contribution in [1.82, 2.24) is 0 Å². The Morgan fingerprint density at radius 2 is 0.943 bits per heavy atom. The van der Waals surface area contributed by atoms with Gasteiger partial charge in [0.2, 0.25) is 0 Å². The van der Waals surface area contributed by atoms with Crippen LogP contribution in [0.4, 0.5) is 35.9 Å². The second-order valence-electron chi connectivity index (χ2n) is 8.33. The largest absolute Gasteiger partial charge is 0.573 e. The van der Waals surface area contributed by atoms with Crippen LogP contribution in [-0.2, 0) is 0 Å². The minimum atomic E-state index is -4.71. The average molecular weight is 476 g/mol. The molecule has 0 spiro atoms. The van der Waals surface area contributed by atoms with Gasteiger partial charge in [0, 0.05) is 14.1 Å². The summed E-state index contributed by atoms with van der Waals surface area (Å²) >= 11 is 0. The second-order valence-corrected chi connectivity index (χ2v) is 8.33. The minimum Gasteiger partial charge on any atom is -0.497 e. The van der Waals surface area contributed by atoms with Crippen LogP contribution in [-0.4, -0.2) is 27.6 Å². The molecule has 4 aromatic carbocycles. The lowest BCUT2D eigenvalue weighted by atomic mass is 9.99. The van der Waals surface area contributed by atoms with Crippen LogP contribution in [0.5, 0.6) is 11.5 Å². The van der Waals surface area contributed by atoms with Gasteiger partial charge in [-0.15, -0.1) is 13.2 Å². The number of benzene rings is 4. The predicted octanol–water partition coefficient (Wildman–Crippen LogP) is 7.78. The number of halogens is 3. The molecule has 4 nitrogen and oxygen atoms in total. The topological polar surface area (TPSA) is 24.9 Å². The van der Waals surface area contributed by atoms with Gasteiger partial charge in [0.05, 0.1) is 29.9 Å². The van der Waals surface area contributed by atoms with Crippen molar-refractivity contribution in [2.45, 2.75) is 6.36 Å². The molecule has 0 unspecified atom stereocenters. The van der Waals surface area contributed by atoms with Gasteiger partial charge >= 0.3 is 6.36 Å². The lowest BCUT2D eigenvalue weighted by Crippen LogP contribution is -2.24. The molecule has 0 aromatic heterocycles. The molecular weight excluding hydrogens is 453 g/mol. The standard InChI is InChI=1S/C28H23F3N2O2/c1-32-25-15-9-21(19-6-12-23(13-7-19)35-28(29,30)31)17-27(25)33(2)24-14-8-20(16-26(24)32)18-4-10-22(34-3)11-5-18/h4-17H,1-3H3. The number of ether oxygens (including phenoxy) is 2. The second kappa shape index (κ2) is 8.58. The summed E-state index contributed by atoms with van der Waals surface area (Å²) in [5.41, 5.74) is 8.09. The van der Waals surface area contributed by atoms with Crippen LogP contribution in [0.2, 0.25) is 0 Å². The molecule has 0 bridgehead atoms. The monoisotopic (exact) mass is 476 g/mol. The fraction of sp³-hybridized carbons (Fsp3) is 0.143. The van der Waals surface area contributed by atoms with Crippen LogP contribution in [0.25, 0.3) is 22.3 Å². The number of fused-ring (bicyclic) bond motifs is 2. The molecule has 0 fully saturated rings. The zero-order chi connectivity index (χ0) is 24.7. The molecule has 0 saturated heterocycles. The number of hydrogen-bond acceptors (Lipinski definition) is 4. The van der Waals surface area contributed by atoms with Gasteiger partial charge in [-0.25, -0.2) is 0 Å². The maximum absolute atomic E-state index is 12.5. The van der Waals surface area contributed by atoms with E-state index in [1.54, 1.807) is 19.2 Å². The SMILES string of the molecule is COc1ccc(-c2ccc3c(c2)N(C)c2ccc(-c4ccc(OC(F)(F)F)cc4)cc2N3C)cc1. The molecule has 178 valence electrons. The van der Waals surface area contributed by atoms with Crippen LogP contribution in [0.3, 0.4) is 0 Å². The predicted molar refractivity (Wildman–Crippen MR) is 133 cm³/mol. The first-order valence-electron chi connectivity index (χ1n) is 11.0. The summed E-state index contributed by atoms with van der Waals surface area (Å²) in [4.78, 5) is 4.29. The van der Waals surface area contributed by atoms with Gasteiger partial charge in [-0.3, -0.25) is 0 Å². The molecule has 1 heterocycles. The first-order chi connectivity index (χ1) is 16.7. The summed E-state index contributed by atoms with van der Waals surface area (Å²) in [5, 5.41) is 0. The van der Waals surface area contributed by atoms with Crippen molar-refractivity contribution in [1.29, 1.82) is 0 Å². The van der Waals surface area contributed by atoms with Crippen molar-refractivity contribution in [2.75, 3.05) is 31.0 Å². The third kappa shape index (κ3) is 4.37. The van der Waals surface area contributed by atoms with Crippen LogP contribution in [0.1, 0.15) is 0 Å². The summed E-state index contributed by atoms with van der Waals surface area (Å²) in [6.45, 7) is 0. The summed E-state index contributed by atoms with van der Waals surface area (Å²) in [6.07, 6.45) is -4.71. The minimum absolute atomic E-state index is 0.238. The maximum atomic E-state index is 12.5. The summed E-state index contributed by atoms with van der Waals surface area (Å²) in [5.74, 6) is 0.577. The van der Waals surface area contributed by atoms with Gasteiger partial charge in [0.15, 0.2) is 0 Å². The van der Waals surface area contributed by atoms with Crippen LogP contribution in [0.15, 0.2) is 84.9 Å². The molecule has 7 heteroatoms. The van der Waals surface area contributed by atoms with E-state index in [-0.39, 0.29) is 5.75 Å². The van der Waals surface area contributed by atoms with Gasteiger partial charge in [-0.05, 0) is 70.8 Å². The van der Waals surface area contributed by atoms with Gasteiger partial charge < -0.3 is 19.3 Å². The Bertz CT molecular complexity index is 1370. The third-order valence-electron chi connectivity index (χ3n) is 6.24. The Morgan fingerprint density at radius 3 is 1.34 bits per heavy atom. The maximum Gasteiger partial charge on any atom is 0.573 e. The molecule has 0 aliphatic carbocycles. The summed E-state index contributed by atoms with van der Waals surface area (Å²) in [6, 6.07) is 26.3. The van der Waals surface area contributed by atoms with Crippen molar-refractivity contribution in [2.24, 2.45) is 0 Å². The lowest BCUT2D eigenvalue weighted by Gasteiger charge is -2.37. The average Bonchev–Trinajstić information content (AvgIpc) is 2.86. The van der Waals surface area contributed by atoms with Gasteiger partial charge in [-0.2, -0.15) is 0 Å². The van der Waals surface area contributed by atoms with E-state index in [9.17, 15) is 13.2 Å². The first kappa shape index (κ1) is 22.7. The fourth-order valence-electron chi connectivity index (χ4n) is 4.40. The van der Waals surface area contributed by atoms with E-state index < -0.39 is 6.36 Å². The highest BCUT2D eigenvalue weighted by Gasteiger charge is 2.31. The Morgan fingerprint density at radius 1 is 0.543 bits per heavy atom. The number of anilines is 4. The molecule has 1 aliphatic rings. The van der Waals surface area contributed by atoms with Crippen molar-refractivity contribution in [3.63, 3.8) is 0 Å². The van der Waals surface area contributed by atoms with Crippen LogP contribution in [0, 0.1) is 0 Å². The molecule has 0 amide bonds. The molecule has 0 radical (unpaired) electrons. The smallest absolute Gasteiger partial charge is 0.497 e. The number of rotatable bonds is 4. The van der Waals surface area contributed by atoms with Gasteiger partial charge in [0.1, 0.15) is 11.5 Å². The highest BCUT2D eigenvalue weighted by molar-refractivity contribution is 5.96. The fourth-order valence-corrected chi connectivity index (χ4v) is 4.40. The molecule has 0 saturated carbocycles. The molecule has 1 aliphatic heterocycles. The van der Waals surface area contributed by atoms with Crippen molar-refractivity contribution in [3.8, 4) is 33.8 Å². The number of alkyl halides is 3. The van der Waals surface area contributed by atoms with Crippen LogP contribution < -0.4 is 19.3 Å². The van der Waals surface area contributed by atoms with E-state index in [0.29, 0.717) is 0 Å². The first-order valence-corrected chi connectivity index (χ1v) is 11.0. The Balaban J connectivity index is 1.46. The van der Waals surface area contributed by atoms with Crippen molar-refractivity contribution < 1.29 is 22.6 Å². The zero-order valence-corrected chi connectivity index (χ0v) is 19.4. The van der Waals surface area contributed by atoms with E-state index in [1.165, 1.54) is 12.1 Å². The molecule has 0 N–H and O–H groups in total. The number of methoxy groups -OCH3 is 1. The highest BCUT2D eigenvalue weighted by atomic mass is 19.4. The zero-order valence-electron chi connectivity index (χ0n) is 19.4. The normalized spacial score (nSPS) is 12.7. The Hall–Kier alpha value is -4.13. The summed E-state index contributed by atoms with van der Waals surface area (Å²) < 4.78 is 46.7. The van der Waals surface area contributed by atoms with E-state index in [1.807, 2.05) is 56.6 Å². The van der Waals surface area contributed by atoms with Crippen LogP contribution >= 0.6 is 0 Å². The van der Waals surface area contributed by atoms with Gasteiger partial charge in [0.25, 0.3) is 0 Å².